The predicted molar refractivity (Wildman–Crippen MR) is 81.9 cm³/mol. The van der Waals surface area contributed by atoms with Crippen molar-refractivity contribution in [3.8, 4) is 0 Å². The molecular weight excluding hydrogens is 326 g/mol. The van der Waals surface area contributed by atoms with E-state index < -0.39 is 4.92 Å². The summed E-state index contributed by atoms with van der Waals surface area (Å²) in [5.74, 6) is 0.602. The molecule has 0 saturated carbocycles. The Bertz CT molecular complexity index is 492. The van der Waals surface area contributed by atoms with Crippen LogP contribution in [0.3, 0.4) is 0 Å². The number of hydrogen-bond donors (Lipinski definition) is 2. The molecule has 0 saturated heterocycles. The van der Waals surface area contributed by atoms with E-state index in [2.05, 4.69) is 40.1 Å². The van der Waals surface area contributed by atoms with Gasteiger partial charge in [0, 0.05) is 18.7 Å². The molecule has 112 valence electrons. The molecule has 6 nitrogen and oxygen atoms in total. The molecule has 0 unspecified atom stereocenters. The zero-order chi connectivity index (χ0) is 15.3. The number of nitrogens with zero attached hydrogens (tertiary/aromatic N) is 2. The summed E-state index contributed by atoms with van der Waals surface area (Å²) in [5.41, 5.74) is 0.571. The average molecular weight is 346 g/mol. The largest absolute Gasteiger partial charge is 0.396 e. The smallest absolute Gasteiger partial charge is 0.291 e. The van der Waals surface area contributed by atoms with Gasteiger partial charge < -0.3 is 10.4 Å². The first-order chi connectivity index (χ1) is 9.28. The van der Waals surface area contributed by atoms with Gasteiger partial charge in [-0.2, -0.15) is 0 Å². The van der Waals surface area contributed by atoms with Crippen LogP contribution in [-0.4, -0.2) is 28.2 Å². The van der Waals surface area contributed by atoms with E-state index in [4.69, 9.17) is 5.11 Å². The van der Waals surface area contributed by atoms with E-state index in [1.165, 1.54) is 6.20 Å². The molecule has 0 radical (unpaired) electrons. The first kappa shape index (κ1) is 16.8. The lowest BCUT2D eigenvalue weighted by molar-refractivity contribution is -0.385. The second-order valence-electron chi connectivity index (χ2n) is 5.53. The van der Waals surface area contributed by atoms with Crippen molar-refractivity contribution in [1.82, 2.24) is 4.98 Å². The molecule has 0 atom stereocenters. The third-order valence-corrected chi connectivity index (χ3v) is 4.15. The molecule has 0 spiro atoms. The lowest BCUT2D eigenvalue weighted by Crippen LogP contribution is -2.24. The highest BCUT2D eigenvalue weighted by molar-refractivity contribution is 9.10. The summed E-state index contributed by atoms with van der Waals surface area (Å²) in [6, 6.07) is 0. The lowest BCUT2D eigenvalue weighted by Gasteiger charge is -2.25. The number of nitro groups is 1. The molecule has 1 heterocycles. The van der Waals surface area contributed by atoms with Crippen LogP contribution in [0.5, 0.6) is 0 Å². The second-order valence-corrected chi connectivity index (χ2v) is 6.33. The molecule has 7 heteroatoms. The van der Waals surface area contributed by atoms with Crippen molar-refractivity contribution in [1.29, 1.82) is 0 Å². The molecule has 1 aromatic heterocycles. The van der Waals surface area contributed by atoms with Crippen molar-refractivity contribution >= 4 is 27.4 Å². The predicted octanol–water partition coefficient (Wildman–Crippen LogP) is 3.27. The number of hydrogen-bond acceptors (Lipinski definition) is 5. The minimum absolute atomic E-state index is 0.00182. The number of pyridine rings is 1. The normalized spacial score (nSPS) is 11.4. The maximum atomic E-state index is 10.8. The van der Waals surface area contributed by atoms with Gasteiger partial charge in [0.25, 0.3) is 5.69 Å². The minimum Gasteiger partial charge on any atom is -0.396 e. The van der Waals surface area contributed by atoms with Gasteiger partial charge in [0.05, 0.1) is 9.40 Å². The molecule has 0 aliphatic rings. The van der Waals surface area contributed by atoms with Gasteiger partial charge >= 0.3 is 0 Å². The van der Waals surface area contributed by atoms with E-state index in [0.29, 0.717) is 22.4 Å². The summed E-state index contributed by atoms with van der Waals surface area (Å²) in [6.45, 7) is 6.74. The molecule has 0 amide bonds. The van der Waals surface area contributed by atoms with E-state index in [-0.39, 0.29) is 17.7 Å². The highest BCUT2D eigenvalue weighted by Crippen LogP contribution is 2.31. The van der Waals surface area contributed by atoms with E-state index in [9.17, 15) is 10.1 Å². The average Bonchev–Trinajstić information content (AvgIpc) is 2.38. The quantitative estimate of drug-likeness (QED) is 0.584. The molecule has 0 aliphatic heterocycles. The van der Waals surface area contributed by atoms with Gasteiger partial charge in [-0.1, -0.05) is 13.8 Å². The van der Waals surface area contributed by atoms with Gasteiger partial charge in [-0.25, -0.2) is 4.98 Å². The molecule has 20 heavy (non-hydrogen) atoms. The fourth-order valence-electron chi connectivity index (χ4n) is 1.85. The zero-order valence-corrected chi connectivity index (χ0v) is 13.5. The van der Waals surface area contributed by atoms with Crippen molar-refractivity contribution in [2.24, 2.45) is 5.41 Å². The van der Waals surface area contributed by atoms with E-state index >= 15 is 0 Å². The van der Waals surface area contributed by atoms with Crippen molar-refractivity contribution in [3.05, 3.63) is 26.3 Å². The number of rotatable bonds is 7. The van der Waals surface area contributed by atoms with Crippen molar-refractivity contribution in [3.63, 3.8) is 0 Å². The summed E-state index contributed by atoms with van der Waals surface area (Å²) in [6.07, 6.45) is 2.91. The second kappa shape index (κ2) is 6.99. The van der Waals surface area contributed by atoms with Crippen LogP contribution in [0.25, 0.3) is 0 Å². The van der Waals surface area contributed by atoms with E-state index in [1.807, 2.05) is 0 Å². The lowest BCUT2D eigenvalue weighted by atomic mass is 9.88. The Kier molecular flexibility index (Phi) is 5.88. The highest BCUT2D eigenvalue weighted by Gasteiger charge is 2.20. The van der Waals surface area contributed by atoms with Crippen LogP contribution in [-0.2, 0) is 0 Å². The van der Waals surface area contributed by atoms with Gasteiger partial charge in [0.15, 0.2) is 0 Å². The zero-order valence-electron chi connectivity index (χ0n) is 11.9. The summed E-state index contributed by atoms with van der Waals surface area (Å²) in [5, 5.41) is 22.9. The Labute approximate surface area is 126 Å². The maximum Gasteiger partial charge on any atom is 0.291 e. The van der Waals surface area contributed by atoms with Crippen LogP contribution >= 0.6 is 15.9 Å². The fourth-order valence-corrected chi connectivity index (χ4v) is 2.29. The maximum absolute atomic E-state index is 10.8. The monoisotopic (exact) mass is 345 g/mol. The van der Waals surface area contributed by atoms with Gasteiger partial charge in [0.1, 0.15) is 12.0 Å². The molecule has 0 fully saturated rings. The Morgan fingerprint density at radius 3 is 2.75 bits per heavy atom. The van der Waals surface area contributed by atoms with E-state index in [1.54, 1.807) is 6.92 Å². The molecule has 1 rings (SSSR count). The Hall–Kier alpha value is -1.21. The van der Waals surface area contributed by atoms with Gasteiger partial charge in [0.2, 0.25) is 0 Å². The van der Waals surface area contributed by atoms with Crippen LogP contribution < -0.4 is 5.32 Å². The number of aromatic nitrogens is 1. The van der Waals surface area contributed by atoms with Crippen LogP contribution in [0, 0.1) is 22.5 Å². The number of halogens is 1. The third kappa shape index (κ3) is 4.42. The number of aliphatic hydroxyl groups is 1. The first-order valence-electron chi connectivity index (χ1n) is 6.43. The highest BCUT2D eigenvalue weighted by atomic mass is 79.9. The first-order valence-corrected chi connectivity index (χ1v) is 7.22. The Balaban J connectivity index is 2.79. The molecule has 1 aromatic rings. The number of nitrogens with one attached hydrogen (secondary N) is 1. The Morgan fingerprint density at radius 1 is 1.55 bits per heavy atom. The van der Waals surface area contributed by atoms with Crippen LogP contribution in [0.15, 0.2) is 10.7 Å². The summed E-state index contributed by atoms with van der Waals surface area (Å²) < 4.78 is 0.615. The van der Waals surface area contributed by atoms with Gasteiger partial charge in [-0.05, 0) is 41.1 Å². The van der Waals surface area contributed by atoms with Crippen molar-refractivity contribution in [2.75, 3.05) is 18.5 Å². The van der Waals surface area contributed by atoms with Gasteiger partial charge in [-0.3, -0.25) is 10.1 Å². The molecule has 0 aliphatic carbocycles. The third-order valence-electron chi connectivity index (χ3n) is 3.18. The number of aliphatic hydroxyl groups excluding tert-OH is 1. The van der Waals surface area contributed by atoms with E-state index in [0.717, 1.165) is 12.8 Å². The van der Waals surface area contributed by atoms with Crippen LogP contribution in [0.2, 0.25) is 0 Å². The number of anilines is 1. The van der Waals surface area contributed by atoms with Gasteiger partial charge in [-0.15, -0.1) is 0 Å². The topological polar surface area (TPSA) is 88.3 Å². The Morgan fingerprint density at radius 2 is 2.20 bits per heavy atom. The summed E-state index contributed by atoms with van der Waals surface area (Å²) in [7, 11) is 0. The minimum atomic E-state index is -0.442. The summed E-state index contributed by atoms with van der Waals surface area (Å²) in [4.78, 5) is 14.5. The van der Waals surface area contributed by atoms with Crippen molar-refractivity contribution in [2.45, 2.75) is 33.6 Å². The van der Waals surface area contributed by atoms with Crippen LogP contribution in [0.4, 0.5) is 11.5 Å². The molecular formula is C13H20BrN3O3. The summed E-state index contributed by atoms with van der Waals surface area (Å²) >= 11 is 3.35. The molecule has 0 bridgehead atoms. The standard InChI is InChI=1S/C13H20BrN3O3/c1-9-10(17(19)20)7-15-12(11(9)14)16-8-13(2,3)5-4-6-18/h7,18H,4-6,8H2,1-3H3,(H,15,16). The fraction of sp³-hybridized carbons (Fsp3) is 0.615. The van der Waals surface area contributed by atoms with Crippen molar-refractivity contribution < 1.29 is 10.0 Å². The molecule has 2 N–H and O–H groups in total. The SMILES string of the molecule is Cc1c([N+](=O)[O-])cnc(NCC(C)(C)CCCO)c1Br. The van der Waals surface area contributed by atoms with Crippen LogP contribution in [0.1, 0.15) is 32.3 Å². The molecule has 0 aromatic carbocycles.